The summed E-state index contributed by atoms with van der Waals surface area (Å²) in [6, 6.07) is 5.64. The van der Waals surface area contributed by atoms with Gasteiger partial charge < -0.3 is 5.11 Å². The van der Waals surface area contributed by atoms with Gasteiger partial charge in [0.25, 0.3) is 16.8 Å². The van der Waals surface area contributed by atoms with Crippen LogP contribution in [0.15, 0.2) is 29.2 Å². The largest absolute Gasteiger partial charge is 0.481 e. The van der Waals surface area contributed by atoms with Gasteiger partial charge in [0.2, 0.25) is 0 Å². The zero-order valence-electron chi connectivity index (χ0n) is 11.1. The fraction of sp³-hybridized carbons (Fsp3) is 0.154. The highest BCUT2D eigenvalue weighted by molar-refractivity contribution is 8.18. The molecule has 0 unspecified atom stereocenters. The number of hydrogen-bond acceptors (Lipinski definition) is 6. The van der Waals surface area contributed by atoms with Crippen LogP contribution < -0.4 is 0 Å². The van der Waals surface area contributed by atoms with Gasteiger partial charge >= 0.3 is 5.97 Å². The van der Waals surface area contributed by atoms with Gasteiger partial charge in [-0.2, -0.15) is 0 Å². The van der Waals surface area contributed by atoms with Crippen molar-refractivity contribution < 1.29 is 24.4 Å². The summed E-state index contributed by atoms with van der Waals surface area (Å²) >= 11 is 0.678. The van der Waals surface area contributed by atoms with Crippen LogP contribution in [0.25, 0.3) is 6.08 Å². The normalized spacial score (nSPS) is 16.4. The Hall–Kier alpha value is -2.68. The number of rotatable bonds is 5. The molecule has 22 heavy (non-hydrogen) atoms. The molecule has 1 aliphatic heterocycles. The maximum atomic E-state index is 12.0. The molecule has 0 saturated carbocycles. The van der Waals surface area contributed by atoms with Crippen LogP contribution in [0.2, 0.25) is 0 Å². The highest BCUT2D eigenvalue weighted by Crippen LogP contribution is 2.32. The first kappa shape index (κ1) is 15.7. The van der Waals surface area contributed by atoms with Crippen LogP contribution in [-0.4, -0.2) is 38.6 Å². The van der Waals surface area contributed by atoms with E-state index in [0.717, 1.165) is 4.90 Å². The van der Waals surface area contributed by atoms with Gasteiger partial charge in [-0.05, 0) is 23.4 Å². The van der Waals surface area contributed by atoms with Crippen molar-refractivity contribution in [1.82, 2.24) is 4.90 Å². The molecule has 1 N–H and O–H groups in total. The molecule has 1 aromatic carbocycles. The van der Waals surface area contributed by atoms with Gasteiger partial charge in [-0.1, -0.05) is 12.1 Å². The Labute approximate surface area is 128 Å². The van der Waals surface area contributed by atoms with Gasteiger partial charge in [-0.15, -0.1) is 0 Å². The fourth-order valence-electron chi connectivity index (χ4n) is 1.78. The molecule has 0 atom stereocenters. The van der Waals surface area contributed by atoms with Crippen molar-refractivity contribution in [3.05, 3.63) is 44.8 Å². The van der Waals surface area contributed by atoms with Crippen LogP contribution in [0.1, 0.15) is 12.0 Å². The number of carbonyl (C=O) groups excluding carboxylic acids is 2. The standard InChI is InChI=1S/C13H10N2O6S/c16-11(17)4-5-14-12(18)10(22-13(14)19)7-8-2-1-3-9(6-8)15(20)21/h1-3,6-7H,4-5H2,(H,16,17). The highest BCUT2D eigenvalue weighted by atomic mass is 32.2. The number of benzene rings is 1. The summed E-state index contributed by atoms with van der Waals surface area (Å²) in [4.78, 5) is 45.3. The Kier molecular flexibility index (Phi) is 4.56. The molecule has 0 bridgehead atoms. The first-order valence-corrected chi connectivity index (χ1v) is 6.92. The van der Waals surface area contributed by atoms with Crippen LogP contribution in [0.4, 0.5) is 10.5 Å². The number of amides is 2. The number of carbonyl (C=O) groups is 3. The third-order valence-corrected chi connectivity index (χ3v) is 3.71. The molecular formula is C13H10N2O6S. The zero-order chi connectivity index (χ0) is 16.3. The van der Waals surface area contributed by atoms with Crippen LogP contribution >= 0.6 is 11.8 Å². The van der Waals surface area contributed by atoms with E-state index in [0.29, 0.717) is 17.3 Å². The molecule has 0 aromatic heterocycles. The molecule has 1 saturated heterocycles. The quantitative estimate of drug-likeness (QED) is 0.501. The van der Waals surface area contributed by atoms with Gasteiger partial charge in [0.15, 0.2) is 0 Å². The topological polar surface area (TPSA) is 118 Å². The molecule has 1 fully saturated rings. The smallest absolute Gasteiger partial charge is 0.305 e. The predicted octanol–water partition coefficient (Wildman–Crippen LogP) is 2.11. The summed E-state index contributed by atoms with van der Waals surface area (Å²) in [6.45, 7) is -0.202. The third-order valence-electron chi connectivity index (χ3n) is 2.80. The van der Waals surface area contributed by atoms with Crippen molar-refractivity contribution >= 4 is 40.6 Å². The second-order valence-electron chi connectivity index (χ2n) is 4.33. The minimum absolute atomic E-state index is 0.107. The molecular weight excluding hydrogens is 312 g/mol. The van der Waals surface area contributed by atoms with Crippen molar-refractivity contribution in [3.63, 3.8) is 0 Å². The van der Waals surface area contributed by atoms with E-state index in [4.69, 9.17) is 5.11 Å². The minimum Gasteiger partial charge on any atom is -0.481 e. The molecule has 9 heteroatoms. The summed E-state index contributed by atoms with van der Waals surface area (Å²) in [5, 5.41) is 18.7. The van der Waals surface area contributed by atoms with Crippen LogP contribution in [0, 0.1) is 10.1 Å². The van der Waals surface area contributed by atoms with E-state index >= 15 is 0 Å². The zero-order valence-corrected chi connectivity index (χ0v) is 11.9. The summed E-state index contributed by atoms with van der Waals surface area (Å²) in [7, 11) is 0. The van der Waals surface area contributed by atoms with E-state index in [1.165, 1.54) is 24.3 Å². The Morgan fingerprint density at radius 3 is 2.77 bits per heavy atom. The van der Waals surface area contributed by atoms with Crippen molar-refractivity contribution in [2.24, 2.45) is 0 Å². The molecule has 0 spiro atoms. The predicted molar refractivity (Wildman–Crippen MR) is 78.0 cm³/mol. The number of thioether (sulfide) groups is 1. The maximum Gasteiger partial charge on any atom is 0.305 e. The van der Waals surface area contributed by atoms with E-state index in [9.17, 15) is 24.5 Å². The van der Waals surface area contributed by atoms with Gasteiger partial charge in [-0.25, -0.2) is 0 Å². The Balaban J connectivity index is 2.21. The molecule has 8 nitrogen and oxygen atoms in total. The summed E-state index contributed by atoms with van der Waals surface area (Å²) in [5.41, 5.74) is 0.289. The number of carboxylic acid groups (broad SMARTS) is 1. The van der Waals surface area contributed by atoms with E-state index in [1.54, 1.807) is 6.07 Å². The minimum atomic E-state index is -1.11. The Morgan fingerprint density at radius 2 is 2.14 bits per heavy atom. The molecule has 2 amide bonds. The highest BCUT2D eigenvalue weighted by Gasteiger charge is 2.35. The average Bonchev–Trinajstić information content (AvgIpc) is 2.71. The first-order chi connectivity index (χ1) is 10.4. The Bertz CT molecular complexity index is 700. The summed E-state index contributed by atoms with van der Waals surface area (Å²) in [5.74, 6) is -1.70. The number of hydrogen-bond donors (Lipinski definition) is 1. The molecule has 1 heterocycles. The first-order valence-electron chi connectivity index (χ1n) is 6.10. The van der Waals surface area contributed by atoms with E-state index < -0.39 is 22.0 Å². The van der Waals surface area contributed by atoms with Crippen molar-refractivity contribution in [2.45, 2.75) is 6.42 Å². The summed E-state index contributed by atoms with van der Waals surface area (Å²) < 4.78 is 0. The SMILES string of the molecule is O=C(O)CCN1C(=O)SC(=Cc2cccc([N+](=O)[O-])c2)C1=O. The third kappa shape index (κ3) is 3.50. The van der Waals surface area contributed by atoms with Crippen LogP contribution in [-0.2, 0) is 9.59 Å². The average molecular weight is 322 g/mol. The van der Waals surface area contributed by atoms with Crippen LogP contribution in [0.5, 0.6) is 0 Å². The second-order valence-corrected chi connectivity index (χ2v) is 5.32. The van der Waals surface area contributed by atoms with Crippen molar-refractivity contribution in [2.75, 3.05) is 6.54 Å². The maximum absolute atomic E-state index is 12.0. The van der Waals surface area contributed by atoms with Gasteiger partial charge in [0.05, 0.1) is 16.2 Å². The Morgan fingerprint density at radius 1 is 1.41 bits per heavy atom. The lowest BCUT2D eigenvalue weighted by Gasteiger charge is -2.09. The van der Waals surface area contributed by atoms with E-state index in [-0.39, 0.29) is 23.6 Å². The number of nitrogens with zero attached hydrogens (tertiary/aromatic N) is 2. The molecule has 0 aliphatic carbocycles. The number of nitro groups is 1. The number of carboxylic acids is 1. The number of nitro benzene ring substituents is 1. The van der Waals surface area contributed by atoms with E-state index in [1.807, 2.05) is 0 Å². The fourth-order valence-corrected chi connectivity index (χ4v) is 2.64. The number of imide groups is 1. The van der Waals surface area contributed by atoms with Crippen molar-refractivity contribution in [3.8, 4) is 0 Å². The molecule has 0 radical (unpaired) electrons. The van der Waals surface area contributed by atoms with E-state index in [2.05, 4.69) is 0 Å². The lowest BCUT2D eigenvalue weighted by Crippen LogP contribution is -2.30. The number of non-ortho nitro benzene ring substituents is 1. The number of aliphatic carboxylic acids is 1. The molecule has 1 aromatic rings. The second kappa shape index (κ2) is 6.39. The monoisotopic (exact) mass is 322 g/mol. The molecule has 2 rings (SSSR count). The lowest BCUT2D eigenvalue weighted by atomic mass is 10.2. The van der Waals surface area contributed by atoms with Crippen LogP contribution in [0.3, 0.4) is 0 Å². The molecule has 114 valence electrons. The van der Waals surface area contributed by atoms with Gasteiger partial charge in [0.1, 0.15) is 0 Å². The van der Waals surface area contributed by atoms with Gasteiger partial charge in [0, 0.05) is 18.7 Å². The lowest BCUT2D eigenvalue weighted by molar-refractivity contribution is -0.384. The summed E-state index contributed by atoms with van der Waals surface area (Å²) in [6.07, 6.45) is 1.04. The molecule has 1 aliphatic rings. The van der Waals surface area contributed by atoms with Gasteiger partial charge in [-0.3, -0.25) is 29.4 Å². The van der Waals surface area contributed by atoms with Crippen molar-refractivity contribution in [1.29, 1.82) is 0 Å².